The highest BCUT2D eigenvalue weighted by Crippen LogP contribution is 2.24. The summed E-state index contributed by atoms with van der Waals surface area (Å²) in [5.74, 6) is -0.0881. The number of carbonyl (C=O) groups is 1. The van der Waals surface area contributed by atoms with E-state index in [4.69, 9.17) is 11.6 Å². The Kier molecular flexibility index (Phi) is 6.13. The number of nitrogens with one attached hydrogen (secondary N) is 2. The van der Waals surface area contributed by atoms with Crippen LogP contribution in [-0.4, -0.2) is 22.6 Å². The van der Waals surface area contributed by atoms with Gasteiger partial charge < -0.3 is 10.6 Å². The van der Waals surface area contributed by atoms with Gasteiger partial charge in [0, 0.05) is 47.0 Å². The summed E-state index contributed by atoms with van der Waals surface area (Å²) in [4.78, 5) is 25.8. The Bertz CT molecular complexity index is 1040. The van der Waals surface area contributed by atoms with Gasteiger partial charge in [-0.1, -0.05) is 17.7 Å². The number of rotatable bonds is 6. The van der Waals surface area contributed by atoms with Gasteiger partial charge in [0.25, 0.3) is 11.5 Å². The minimum absolute atomic E-state index is 0.0881. The summed E-state index contributed by atoms with van der Waals surface area (Å²) in [6.07, 6.45) is 4.81. The van der Waals surface area contributed by atoms with Crippen LogP contribution in [-0.2, 0) is 6.54 Å². The minimum atomic E-state index is -0.100. The molecule has 0 spiro atoms. The summed E-state index contributed by atoms with van der Waals surface area (Å²) in [6.45, 7) is 0.759. The molecule has 1 aromatic carbocycles. The van der Waals surface area contributed by atoms with E-state index >= 15 is 0 Å². The third kappa shape index (κ3) is 4.78. The molecule has 0 saturated heterocycles. The fourth-order valence-electron chi connectivity index (χ4n) is 3.72. The number of hydrogen-bond acceptors (Lipinski definition) is 4. The standard InChI is InChI=1S/C22H22ClN3O2S/c23-20-12-11-17(29-20)14-24-18-4-3-5-19(18)25-22(28)15-7-9-16(10-8-15)26-13-2-1-6-21(26)27/h1-2,6-13,18-19,24H,3-5,14H2,(H,25,28)/t18-,19+/m0/s1. The maximum atomic E-state index is 12.7. The summed E-state index contributed by atoms with van der Waals surface area (Å²) in [6, 6.07) is 16.4. The molecule has 0 bridgehead atoms. The Morgan fingerprint density at radius 3 is 2.59 bits per heavy atom. The molecule has 1 saturated carbocycles. The number of benzene rings is 1. The Labute approximate surface area is 178 Å². The monoisotopic (exact) mass is 427 g/mol. The summed E-state index contributed by atoms with van der Waals surface area (Å²) in [5, 5.41) is 6.72. The van der Waals surface area contributed by atoms with Crippen molar-refractivity contribution in [1.82, 2.24) is 15.2 Å². The van der Waals surface area contributed by atoms with Gasteiger partial charge in [-0.2, -0.15) is 0 Å². The zero-order valence-electron chi connectivity index (χ0n) is 15.8. The minimum Gasteiger partial charge on any atom is -0.348 e. The van der Waals surface area contributed by atoms with Gasteiger partial charge in [-0.05, 0) is 61.7 Å². The van der Waals surface area contributed by atoms with Crippen molar-refractivity contribution in [3.63, 3.8) is 0 Å². The van der Waals surface area contributed by atoms with Crippen LogP contribution < -0.4 is 16.2 Å². The van der Waals surface area contributed by atoms with Gasteiger partial charge in [0.05, 0.1) is 4.34 Å². The van der Waals surface area contributed by atoms with E-state index in [2.05, 4.69) is 10.6 Å². The molecule has 1 aliphatic rings. The van der Waals surface area contributed by atoms with E-state index in [1.165, 1.54) is 10.9 Å². The van der Waals surface area contributed by atoms with Crippen LogP contribution in [0.5, 0.6) is 0 Å². The zero-order valence-corrected chi connectivity index (χ0v) is 17.4. The number of hydrogen-bond donors (Lipinski definition) is 2. The van der Waals surface area contributed by atoms with Crippen molar-refractivity contribution in [2.75, 3.05) is 0 Å². The van der Waals surface area contributed by atoms with Crippen LogP contribution in [0, 0.1) is 0 Å². The third-order valence-corrected chi connectivity index (χ3v) is 6.46. The highest BCUT2D eigenvalue weighted by atomic mass is 35.5. The van der Waals surface area contributed by atoms with Gasteiger partial charge in [0.1, 0.15) is 0 Å². The van der Waals surface area contributed by atoms with E-state index < -0.39 is 0 Å². The fraction of sp³-hybridized carbons (Fsp3) is 0.273. The fourth-order valence-corrected chi connectivity index (χ4v) is 4.76. The van der Waals surface area contributed by atoms with E-state index in [1.807, 2.05) is 12.1 Å². The quantitative estimate of drug-likeness (QED) is 0.625. The predicted molar refractivity (Wildman–Crippen MR) is 117 cm³/mol. The van der Waals surface area contributed by atoms with Crippen LogP contribution in [0.15, 0.2) is 65.6 Å². The smallest absolute Gasteiger partial charge is 0.255 e. The van der Waals surface area contributed by atoms with Gasteiger partial charge in [-0.25, -0.2) is 0 Å². The van der Waals surface area contributed by atoms with E-state index in [9.17, 15) is 9.59 Å². The first-order valence-electron chi connectivity index (χ1n) is 9.67. The molecule has 0 aliphatic heterocycles. The van der Waals surface area contributed by atoms with Crippen LogP contribution in [0.4, 0.5) is 0 Å². The van der Waals surface area contributed by atoms with E-state index in [1.54, 1.807) is 58.5 Å². The first-order chi connectivity index (χ1) is 14.1. The Hall–Kier alpha value is -2.41. The molecule has 1 fully saturated rings. The van der Waals surface area contributed by atoms with Gasteiger partial charge in [0.15, 0.2) is 0 Å². The number of halogens is 1. The lowest BCUT2D eigenvalue weighted by atomic mass is 10.1. The Morgan fingerprint density at radius 2 is 1.86 bits per heavy atom. The second-order valence-electron chi connectivity index (χ2n) is 7.16. The van der Waals surface area contributed by atoms with Gasteiger partial charge in [0.2, 0.25) is 0 Å². The molecule has 7 heteroatoms. The summed E-state index contributed by atoms with van der Waals surface area (Å²) in [5.41, 5.74) is 1.23. The second kappa shape index (κ2) is 8.95. The van der Waals surface area contributed by atoms with Crippen LogP contribution in [0.1, 0.15) is 34.5 Å². The van der Waals surface area contributed by atoms with Crippen molar-refractivity contribution in [3.05, 3.63) is 85.9 Å². The van der Waals surface area contributed by atoms with Crippen LogP contribution in [0.3, 0.4) is 0 Å². The van der Waals surface area contributed by atoms with Crippen molar-refractivity contribution in [1.29, 1.82) is 0 Å². The van der Waals surface area contributed by atoms with Crippen LogP contribution in [0.2, 0.25) is 4.34 Å². The molecular formula is C22H22ClN3O2S. The lowest BCUT2D eigenvalue weighted by Crippen LogP contribution is -2.46. The number of aromatic nitrogens is 1. The molecule has 0 unspecified atom stereocenters. The third-order valence-electron chi connectivity index (χ3n) is 5.23. The number of thiophene rings is 1. The first-order valence-corrected chi connectivity index (χ1v) is 10.9. The average Bonchev–Trinajstić information content (AvgIpc) is 3.35. The number of amides is 1. The van der Waals surface area contributed by atoms with E-state index in [-0.39, 0.29) is 23.6 Å². The van der Waals surface area contributed by atoms with Gasteiger partial charge >= 0.3 is 0 Å². The van der Waals surface area contributed by atoms with Crippen LogP contribution in [0.25, 0.3) is 5.69 Å². The van der Waals surface area contributed by atoms with E-state index in [0.29, 0.717) is 5.56 Å². The topological polar surface area (TPSA) is 63.1 Å². The lowest BCUT2D eigenvalue weighted by molar-refractivity contribution is 0.0931. The zero-order chi connectivity index (χ0) is 20.2. The molecule has 2 heterocycles. The largest absolute Gasteiger partial charge is 0.348 e. The van der Waals surface area contributed by atoms with Crippen molar-refractivity contribution >= 4 is 28.8 Å². The van der Waals surface area contributed by atoms with Gasteiger partial charge in [-0.15, -0.1) is 11.3 Å². The molecule has 29 heavy (non-hydrogen) atoms. The summed E-state index contributed by atoms with van der Waals surface area (Å²) in [7, 11) is 0. The summed E-state index contributed by atoms with van der Waals surface area (Å²) < 4.78 is 2.34. The molecular weight excluding hydrogens is 406 g/mol. The molecule has 1 amide bonds. The van der Waals surface area contributed by atoms with Crippen molar-refractivity contribution in [3.8, 4) is 5.69 Å². The molecule has 5 nitrogen and oxygen atoms in total. The second-order valence-corrected chi connectivity index (χ2v) is 8.96. The van der Waals surface area contributed by atoms with Crippen molar-refractivity contribution < 1.29 is 4.79 Å². The molecule has 1 aliphatic carbocycles. The molecule has 3 aromatic rings. The lowest BCUT2D eigenvalue weighted by Gasteiger charge is -2.22. The highest BCUT2D eigenvalue weighted by Gasteiger charge is 2.28. The summed E-state index contributed by atoms with van der Waals surface area (Å²) >= 11 is 7.57. The first kappa shape index (κ1) is 19.9. The number of pyridine rings is 1. The van der Waals surface area contributed by atoms with Gasteiger partial charge in [-0.3, -0.25) is 14.2 Å². The molecule has 150 valence electrons. The normalized spacial score (nSPS) is 18.7. The molecule has 2 aromatic heterocycles. The van der Waals surface area contributed by atoms with Crippen LogP contribution >= 0.6 is 22.9 Å². The highest BCUT2D eigenvalue weighted by molar-refractivity contribution is 7.16. The van der Waals surface area contributed by atoms with Crippen molar-refractivity contribution in [2.24, 2.45) is 0 Å². The number of nitrogens with zero attached hydrogens (tertiary/aromatic N) is 1. The predicted octanol–water partition coefficient (Wildman–Crippen LogP) is 3.99. The Morgan fingerprint density at radius 1 is 1.07 bits per heavy atom. The molecule has 4 rings (SSSR count). The molecule has 2 atom stereocenters. The SMILES string of the molecule is O=C(N[C@@H]1CCC[C@@H]1NCc1ccc(Cl)s1)c1ccc(-n2ccccc2=O)cc1. The molecule has 2 N–H and O–H groups in total. The average molecular weight is 428 g/mol. The number of carbonyl (C=O) groups excluding carboxylic acids is 1. The molecule has 0 radical (unpaired) electrons. The van der Waals surface area contributed by atoms with E-state index in [0.717, 1.165) is 35.8 Å². The maximum absolute atomic E-state index is 12.7. The maximum Gasteiger partial charge on any atom is 0.255 e. The Balaban J connectivity index is 1.38. The van der Waals surface area contributed by atoms with Crippen molar-refractivity contribution in [2.45, 2.75) is 37.9 Å².